The number of nitrogens with zero attached hydrogens (tertiary/aromatic N) is 2. The molecule has 0 spiro atoms. The average Bonchev–Trinajstić information content (AvgIpc) is 2.82. The van der Waals surface area contributed by atoms with Gasteiger partial charge in [-0.15, -0.1) is 0 Å². The number of hydrogen-bond donors (Lipinski definition) is 1. The van der Waals surface area contributed by atoms with Crippen molar-refractivity contribution in [3.63, 3.8) is 0 Å². The van der Waals surface area contributed by atoms with E-state index in [0.717, 1.165) is 12.1 Å². The first-order valence-electron chi connectivity index (χ1n) is 13.1. The number of halogens is 3. The van der Waals surface area contributed by atoms with Crippen LogP contribution in [0.25, 0.3) is 0 Å². The summed E-state index contributed by atoms with van der Waals surface area (Å²) in [5, 5.41) is 2.49. The molecule has 9 nitrogen and oxygen atoms in total. The monoisotopic (exact) mass is 587 g/mol. The molecule has 0 aromatic heterocycles. The van der Waals surface area contributed by atoms with Gasteiger partial charge in [0.1, 0.15) is 5.60 Å². The first-order chi connectivity index (χ1) is 18.4. The molecule has 13 heteroatoms. The van der Waals surface area contributed by atoms with E-state index < -0.39 is 63.6 Å². The van der Waals surface area contributed by atoms with Crippen LogP contribution in [-0.4, -0.2) is 75.8 Å². The van der Waals surface area contributed by atoms with Crippen molar-refractivity contribution in [2.75, 3.05) is 25.0 Å². The summed E-state index contributed by atoms with van der Waals surface area (Å²) < 4.78 is 51.6. The molecule has 2 aliphatic heterocycles. The lowest BCUT2D eigenvalue weighted by Crippen LogP contribution is -2.54. The van der Waals surface area contributed by atoms with Gasteiger partial charge in [0.25, 0.3) is 11.8 Å². The number of esters is 1. The summed E-state index contributed by atoms with van der Waals surface area (Å²) in [5.41, 5.74) is -2.55. The molecule has 222 valence electrons. The maximum atomic E-state index is 14.3. The van der Waals surface area contributed by atoms with Crippen molar-refractivity contribution < 1.29 is 41.8 Å². The SMILES string of the molecule is CCOC(=O)C1(C)Sc2cc(C(F)(F)F)c(C(=O)N(C(C)C)[C@@H]3CCCN(C(=O)OC(C)(C)C)C3)cc2NC1=O. The summed E-state index contributed by atoms with van der Waals surface area (Å²) in [4.78, 5) is 54.7. The second-order valence-corrected chi connectivity index (χ2v) is 12.7. The van der Waals surface area contributed by atoms with Crippen molar-refractivity contribution in [1.82, 2.24) is 9.80 Å². The normalized spacial score (nSPS) is 21.4. The Morgan fingerprint density at radius 2 is 1.88 bits per heavy atom. The number of benzene rings is 1. The highest BCUT2D eigenvalue weighted by Crippen LogP contribution is 2.47. The third-order valence-electron chi connectivity index (χ3n) is 6.55. The quantitative estimate of drug-likeness (QED) is 0.367. The molecule has 2 atom stereocenters. The van der Waals surface area contributed by atoms with Crippen LogP contribution in [0.15, 0.2) is 17.0 Å². The standard InChI is InChI=1S/C27H36F3N3O6S/c1-8-38-23(36)26(7)22(35)31-19-12-17(18(27(28,29)30)13-20(19)40-26)21(34)33(15(2)3)16-10-9-11-32(14-16)24(37)39-25(4,5)6/h12-13,15-16H,8-11,14H2,1-7H3,(H,31,35)/t16-,26?/m1/s1. The molecule has 2 heterocycles. The van der Waals surface area contributed by atoms with Crippen LogP contribution in [-0.2, 0) is 25.2 Å². The van der Waals surface area contributed by atoms with Gasteiger partial charge in [0.05, 0.1) is 29.5 Å². The predicted octanol–water partition coefficient (Wildman–Crippen LogP) is 5.32. The molecule has 1 unspecified atom stereocenters. The van der Waals surface area contributed by atoms with Crippen LogP contribution in [0.2, 0.25) is 0 Å². The summed E-state index contributed by atoms with van der Waals surface area (Å²) in [6.45, 7) is 11.9. The van der Waals surface area contributed by atoms with Crippen LogP contribution in [0, 0.1) is 0 Å². The average molecular weight is 588 g/mol. The molecule has 0 saturated carbocycles. The lowest BCUT2D eigenvalue weighted by Gasteiger charge is -2.42. The summed E-state index contributed by atoms with van der Waals surface area (Å²) in [6, 6.07) is 0.752. The second-order valence-electron chi connectivity index (χ2n) is 11.2. The topological polar surface area (TPSA) is 105 Å². The van der Waals surface area contributed by atoms with Crippen molar-refractivity contribution in [1.29, 1.82) is 0 Å². The number of thioether (sulfide) groups is 1. The Morgan fingerprint density at radius 1 is 1.23 bits per heavy atom. The lowest BCUT2D eigenvalue weighted by atomic mass is 9.98. The van der Waals surface area contributed by atoms with Crippen LogP contribution in [0.5, 0.6) is 0 Å². The number of alkyl halides is 3. The van der Waals surface area contributed by atoms with Gasteiger partial charge in [0.15, 0.2) is 4.75 Å². The number of carbonyl (C=O) groups is 4. The van der Waals surface area contributed by atoms with Crippen LogP contribution in [0.3, 0.4) is 0 Å². The zero-order valence-corrected chi connectivity index (χ0v) is 24.5. The number of rotatable bonds is 5. The van der Waals surface area contributed by atoms with Gasteiger partial charge in [-0.2, -0.15) is 13.2 Å². The highest BCUT2D eigenvalue weighted by Gasteiger charge is 2.49. The fourth-order valence-electron chi connectivity index (χ4n) is 4.72. The Hall–Kier alpha value is -2.96. The fourth-order valence-corrected chi connectivity index (χ4v) is 5.84. The van der Waals surface area contributed by atoms with Gasteiger partial charge < -0.3 is 24.6 Å². The maximum Gasteiger partial charge on any atom is 0.417 e. The number of fused-ring (bicyclic) bond motifs is 1. The van der Waals surface area contributed by atoms with Crippen molar-refractivity contribution in [3.05, 3.63) is 23.3 Å². The van der Waals surface area contributed by atoms with Gasteiger partial charge in [-0.3, -0.25) is 9.59 Å². The molecule has 0 radical (unpaired) electrons. The zero-order valence-electron chi connectivity index (χ0n) is 23.7. The molecule has 3 amide bonds. The molecule has 40 heavy (non-hydrogen) atoms. The summed E-state index contributed by atoms with van der Waals surface area (Å²) in [7, 11) is 0. The smallest absolute Gasteiger partial charge is 0.417 e. The first kappa shape index (κ1) is 31.6. The Morgan fingerprint density at radius 3 is 2.42 bits per heavy atom. The number of piperidine rings is 1. The van der Waals surface area contributed by atoms with E-state index in [4.69, 9.17) is 9.47 Å². The van der Waals surface area contributed by atoms with E-state index in [-0.39, 0.29) is 23.7 Å². The minimum absolute atomic E-state index is 0.00384. The minimum Gasteiger partial charge on any atom is -0.465 e. The summed E-state index contributed by atoms with van der Waals surface area (Å²) in [5.74, 6) is -2.52. The van der Waals surface area contributed by atoms with Crippen molar-refractivity contribution in [2.24, 2.45) is 0 Å². The van der Waals surface area contributed by atoms with Gasteiger partial charge in [-0.1, -0.05) is 11.8 Å². The van der Waals surface area contributed by atoms with Crippen LogP contribution in [0.4, 0.5) is 23.7 Å². The number of carbonyl (C=O) groups excluding carboxylic acids is 4. The second kappa shape index (κ2) is 11.5. The number of nitrogens with one attached hydrogen (secondary N) is 1. The molecule has 0 aliphatic carbocycles. The Balaban J connectivity index is 2.00. The molecule has 2 aliphatic rings. The van der Waals surface area contributed by atoms with Gasteiger partial charge in [0.2, 0.25) is 0 Å². The van der Waals surface area contributed by atoms with E-state index in [9.17, 15) is 32.3 Å². The zero-order chi connectivity index (χ0) is 30.2. The minimum atomic E-state index is -4.90. The number of likely N-dealkylation sites (tertiary alicyclic amines) is 1. The molecule has 3 rings (SSSR count). The highest BCUT2D eigenvalue weighted by molar-refractivity contribution is 8.02. The molecule has 1 N–H and O–H groups in total. The van der Waals surface area contributed by atoms with Gasteiger partial charge in [-0.05, 0) is 73.4 Å². The predicted molar refractivity (Wildman–Crippen MR) is 143 cm³/mol. The van der Waals surface area contributed by atoms with Gasteiger partial charge in [0, 0.05) is 24.0 Å². The molecule has 1 aromatic rings. The fraction of sp³-hybridized carbons (Fsp3) is 0.630. The molecule has 1 aromatic carbocycles. The third-order valence-corrected chi connectivity index (χ3v) is 7.87. The van der Waals surface area contributed by atoms with E-state index in [0.29, 0.717) is 31.1 Å². The van der Waals surface area contributed by atoms with Crippen LogP contribution >= 0.6 is 11.8 Å². The number of hydrogen-bond acceptors (Lipinski definition) is 7. The third kappa shape index (κ3) is 6.67. The van der Waals surface area contributed by atoms with Crippen molar-refractivity contribution >= 4 is 41.3 Å². The molecule has 1 saturated heterocycles. The molecular formula is C27H36F3N3O6S. The highest BCUT2D eigenvalue weighted by atomic mass is 32.2. The molecule has 1 fully saturated rings. The number of anilines is 1. The van der Waals surface area contributed by atoms with E-state index in [1.54, 1.807) is 41.5 Å². The Kier molecular flexibility index (Phi) is 9.07. The van der Waals surface area contributed by atoms with E-state index in [1.165, 1.54) is 16.7 Å². The van der Waals surface area contributed by atoms with Gasteiger partial charge >= 0.3 is 18.2 Å². The molecule has 0 bridgehead atoms. The largest absolute Gasteiger partial charge is 0.465 e. The van der Waals surface area contributed by atoms with E-state index in [1.807, 2.05) is 0 Å². The van der Waals surface area contributed by atoms with E-state index in [2.05, 4.69) is 5.32 Å². The Bertz CT molecular complexity index is 1180. The first-order valence-corrected chi connectivity index (χ1v) is 13.9. The van der Waals surface area contributed by atoms with Crippen LogP contribution < -0.4 is 5.32 Å². The van der Waals surface area contributed by atoms with Crippen LogP contribution in [0.1, 0.15) is 77.2 Å². The molecular weight excluding hydrogens is 551 g/mol. The van der Waals surface area contributed by atoms with Crippen molar-refractivity contribution in [2.45, 2.75) is 94.8 Å². The maximum absolute atomic E-state index is 14.3. The van der Waals surface area contributed by atoms with Crippen molar-refractivity contribution in [3.8, 4) is 0 Å². The Labute approximate surface area is 236 Å². The summed E-state index contributed by atoms with van der Waals surface area (Å²) >= 11 is 0.647. The number of amides is 3. The summed E-state index contributed by atoms with van der Waals surface area (Å²) in [6.07, 6.45) is -4.43. The van der Waals surface area contributed by atoms with E-state index >= 15 is 0 Å². The van der Waals surface area contributed by atoms with Gasteiger partial charge in [-0.25, -0.2) is 9.59 Å². The number of ether oxygens (including phenoxy) is 2. The lowest BCUT2D eigenvalue weighted by molar-refractivity contribution is -0.148.